The molecule has 0 unspecified atom stereocenters. The van der Waals surface area contributed by atoms with E-state index >= 15 is 0 Å². The summed E-state index contributed by atoms with van der Waals surface area (Å²) in [5.41, 5.74) is 2.58. The van der Waals surface area contributed by atoms with Crippen LogP contribution < -0.4 is 5.32 Å². The SMILES string of the molecule is CCn1nccc1C(=O)NCCn1c(C)cnc1-c1cccnc1. The summed E-state index contributed by atoms with van der Waals surface area (Å²) in [6.07, 6.45) is 6.99. The lowest BCUT2D eigenvalue weighted by Crippen LogP contribution is -2.29. The molecule has 0 aliphatic carbocycles. The first-order valence-electron chi connectivity index (χ1n) is 7.93. The van der Waals surface area contributed by atoms with Crippen molar-refractivity contribution in [2.24, 2.45) is 0 Å². The third-order valence-electron chi connectivity index (χ3n) is 3.84. The van der Waals surface area contributed by atoms with Gasteiger partial charge >= 0.3 is 0 Å². The molecule has 0 aromatic carbocycles. The minimum Gasteiger partial charge on any atom is -0.349 e. The number of rotatable bonds is 6. The summed E-state index contributed by atoms with van der Waals surface area (Å²) in [5.74, 6) is 0.739. The molecule has 24 heavy (non-hydrogen) atoms. The summed E-state index contributed by atoms with van der Waals surface area (Å²) < 4.78 is 3.76. The van der Waals surface area contributed by atoms with Crippen molar-refractivity contribution in [1.82, 2.24) is 29.6 Å². The van der Waals surface area contributed by atoms with Crippen molar-refractivity contribution >= 4 is 5.91 Å². The lowest BCUT2D eigenvalue weighted by Gasteiger charge is -2.11. The zero-order valence-corrected chi connectivity index (χ0v) is 13.8. The molecule has 7 nitrogen and oxygen atoms in total. The number of hydrogen-bond acceptors (Lipinski definition) is 4. The fourth-order valence-corrected chi connectivity index (χ4v) is 2.62. The molecule has 0 aliphatic rings. The van der Waals surface area contributed by atoms with Gasteiger partial charge in [0.2, 0.25) is 0 Å². The number of amides is 1. The van der Waals surface area contributed by atoms with E-state index in [2.05, 4.69) is 25.0 Å². The van der Waals surface area contributed by atoms with Crippen molar-refractivity contribution < 1.29 is 4.79 Å². The Balaban J connectivity index is 1.68. The van der Waals surface area contributed by atoms with Crippen LogP contribution in [0, 0.1) is 6.92 Å². The summed E-state index contributed by atoms with van der Waals surface area (Å²) >= 11 is 0. The average Bonchev–Trinajstić information content (AvgIpc) is 3.22. The molecule has 0 radical (unpaired) electrons. The molecule has 0 atom stereocenters. The second-order valence-electron chi connectivity index (χ2n) is 5.40. The predicted molar refractivity (Wildman–Crippen MR) is 90.4 cm³/mol. The highest BCUT2D eigenvalue weighted by molar-refractivity contribution is 5.92. The molecule has 3 heterocycles. The monoisotopic (exact) mass is 324 g/mol. The van der Waals surface area contributed by atoms with Crippen LogP contribution in [0.2, 0.25) is 0 Å². The Morgan fingerprint density at radius 3 is 2.88 bits per heavy atom. The molecule has 3 rings (SSSR count). The third-order valence-corrected chi connectivity index (χ3v) is 3.84. The number of hydrogen-bond donors (Lipinski definition) is 1. The van der Waals surface area contributed by atoms with Gasteiger partial charge in [0.05, 0.1) is 0 Å². The standard InChI is InChI=1S/C17H20N6O/c1-3-23-15(6-8-21-23)17(24)19-9-10-22-13(2)11-20-16(22)14-5-4-7-18-12-14/h4-8,11-12H,3,9-10H2,1-2H3,(H,19,24). The molecule has 124 valence electrons. The second kappa shape index (κ2) is 7.08. The molecule has 7 heteroatoms. The Morgan fingerprint density at radius 2 is 2.12 bits per heavy atom. The molecule has 0 fully saturated rings. The predicted octanol–water partition coefficient (Wildman–Crippen LogP) is 1.90. The van der Waals surface area contributed by atoms with Crippen molar-refractivity contribution in [3.8, 4) is 11.4 Å². The molecule has 1 amide bonds. The van der Waals surface area contributed by atoms with Crippen LogP contribution in [0.3, 0.4) is 0 Å². The first-order chi connectivity index (χ1) is 11.7. The van der Waals surface area contributed by atoms with E-state index < -0.39 is 0 Å². The fraction of sp³-hybridized carbons (Fsp3) is 0.294. The largest absolute Gasteiger partial charge is 0.349 e. The number of carbonyl (C=O) groups excluding carboxylic acids is 1. The van der Waals surface area contributed by atoms with Gasteiger partial charge in [-0.3, -0.25) is 14.5 Å². The molecule has 0 spiro atoms. The van der Waals surface area contributed by atoms with E-state index in [0.29, 0.717) is 25.3 Å². The van der Waals surface area contributed by atoms with E-state index in [4.69, 9.17) is 0 Å². The number of imidazole rings is 1. The number of nitrogens with zero attached hydrogens (tertiary/aromatic N) is 5. The molecule has 1 N–H and O–H groups in total. The Labute approximate surface area is 140 Å². The number of aryl methyl sites for hydroxylation is 2. The van der Waals surface area contributed by atoms with E-state index in [1.54, 1.807) is 29.3 Å². The van der Waals surface area contributed by atoms with Crippen LogP contribution in [0.5, 0.6) is 0 Å². The molecule has 3 aromatic rings. The quantitative estimate of drug-likeness (QED) is 0.751. The first-order valence-corrected chi connectivity index (χ1v) is 7.93. The van der Waals surface area contributed by atoms with Crippen LogP contribution in [-0.2, 0) is 13.1 Å². The van der Waals surface area contributed by atoms with E-state index in [9.17, 15) is 4.79 Å². The molecular weight excluding hydrogens is 304 g/mol. The van der Waals surface area contributed by atoms with E-state index in [1.807, 2.05) is 32.2 Å². The van der Waals surface area contributed by atoms with Crippen LogP contribution in [0.25, 0.3) is 11.4 Å². The van der Waals surface area contributed by atoms with E-state index in [-0.39, 0.29) is 5.91 Å². The molecular formula is C17H20N6O. The number of carbonyl (C=O) groups is 1. The highest BCUT2D eigenvalue weighted by Crippen LogP contribution is 2.17. The van der Waals surface area contributed by atoms with Gasteiger partial charge in [-0.15, -0.1) is 0 Å². The highest BCUT2D eigenvalue weighted by atomic mass is 16.2. The Bertz CT molecular complexity index is 821. The van der Waals surface area contributed by atoms with Crippen molar-refractivity contribution in [1.29, 1.82) is 0 Å². The van der Waals surface area contributed by atoms with Gasteiger partial charge in [-0.05, 0) is 32.0 Å². The Kier molecular flexibility index (Phi) is 4.69. The molecule has 0 bridgehead atoms. The molecule has 0 saturated heterocycles. The number of nitrogens with one attached hydrogen (secondary N) is 1. The van der Waals surface area contributed by atoms with Gasteiger partial charge < -0.3 is 9.88 Å². The zero-order chi connectivity index (χ0) is 16.9. The maximum atomic E-state index is 12.2. The van der Waals surface area contributed by atoms with Crippen molar-refractivity contribution in [2.45, 2.75) is 26.9 Å². The summed E-state index contributed by atoms with van der Waals surface area (Å²) in [6, 6.07) is 5.59. The Morgan fingerprint density at radius 1 is 1.25 bits per heavy atom. The average molecular weight is 324 g/mol. The zero-order valence-electron chi connectivity index (χ0n) is 13.8. The minimum atomic E-state index is -0.116. The smallest absolute Gasteiger partial charge is 0.269 e. The van der Waals surface area contributed by atoms with Gasteiger partial charge in [-0.1, -0.05) is 0 Å². The van der Waals surface area contributed by atoms with Crippen molar-refractivity contribution in [2.75, 3.05) is 6.54 Å². The molecule has 3 aromatic heterocycles. The van der Waals surface area contributed by atoms with Gasteiger partial charge in [-0.25, -0.2) is 4.98 Å². The first kappa shape index (κ1) is 15.9. The number of aromatic nitrogens is 5. The Hall–Kier alpha value is -2.96. The maximum absolute atomic E-state index is 12.2. The summed E-state index contributed by atoms with van der Waals surface area (Å²) in [5, 5.41) is 7.06. The summed E-state index contributed by atoms with van der Waals surface area (Å²) in [7, 11) is 0. The van der Waals surface area contributed by atoms with Crippen LogP contribution in [0.1, 0.15) is 23.1 Å². The van der Waals surface area contributed by atoms with Crippen LogP contribution >= 0.6 is 0 Å². The highest BCUT2D eigenvalue weighted by Gasteiger charge is 2.12. The number of pyridine rings is 1. The summed E-state index contributed by atoms with van der Waals surface area (Å²) in [4.78, 5) is 20.8. The van der Waals surface area contributed by atoms with Gasteiger partial charge in [0.25, 0.3) is 5.91 Å². The second-order valence-corrected chi connectivity index (χ2v) is 5.40. The van der Waals surface area contributed by atoms with Crippen LogP contribution in [0.15, 0.2) is 43.0 Å². The van der Waals surface area contributed by atoms with Crippen molar-refractivity contribution in [3.05, 3.63) is 54.4 Å². The minimum absolute atomic E-state index is 0.116. The van der Waals surface area contributed by atoms with Gasteiger partial charge in [0, 0.05) is 55.7 Å². The summed E-state index contributed by atoms with van der Waals surface area (Å²) in [6.45, 7) is 5.78. The third kappa shape index (κ3) is 3.19. The van der Waals surface area contributed by atoms with Crippen LogP contribution in [-0.4, -0.2) is 36.8 Å². The van der Waals surface area contributed by atoms with Crippen LogP contribution in [0.4, 0.5) is 0 Å². The van der Waals surface area contributed by atoms with E-state index in [1.165, 1.54) is 0 Å². The molecule has 0 aliphatic heterocycles. The lowest BCUT2D eigenvalue weighted by molar-refractivity contribution is 0.0941. The lowest BCUT2D eigenvalue weighted by atomic mass is 10.2. The van der Waals surface area contributed by atoms with Gasteiger partial charge in [-0.2, -0.15) is 5.10 Å². The van der Waals surface area contributed by atoms with E-state index in [0.717, 1.165) is 17.1 Å². The molecule has 0 saturated carbocycles. The van der Waals surface area contributed by atoms with Gasteiger partial charge in [0.1, 0.15) is 11.5 Å². The topological polar surface area (TPSA) is 77.6 Å². The van der Waals surface area contributed by atoms with Gasteiger partial charge in [0.15, 0.2) is 0 Å². The maximum Gasteiger partial charge on any atom is 0.269 e. The van der Waals surface area contributed by atoms with Crippen molar-refractivity contribution in [3.63, 3.8) is 0 Å². The fourth-order valence-electron chi connectivity index (χ4n) is 2.62. The normalized spacial score (nSPS) is 10.8.